The molecule has 0 bridgehead atoms. The van der Waals surface area contributed by atoms with Gasteiger partial charge in [-0.05, 0) is 62.3 Å². The molecule has 0 saturated carbocycles. The highest BCUT2D eigenvalue weighted by molar-refractivity contribution is 7.93. The van der Waals surface area contributed by atoms with E-state index in [-0.39, 0.29) is 27.8 Å². The van der Waals surface area contributed by atoms with Gasteiger partial charge in [-0.15, -0.1) is 0 Å². The summed E-state index contributed by atoms with van der Waals surface area (Å²) in [5, 5.41) is 14.9. The molecular weight excluding hydrogens is 562 g/mol. The van der Waals surface area contributed by atoms with Gasteiger partial charge in [0.25, 0.3) is 5.97 Å². The molecule has 2 fully saturated rings. The summed E-state index contributed by atoms with van der Waals surface area (Å²) in [5.41, 5.74) is 6.71. The number of anilines is 1. The van der Waals surface area contributed by atoms with Crippen molar-refractivity contribution in [2.75, 3.05) is 37.3 Å². The first-order chi connectivity index (χ1) is 18.7. The highest BCUT2D eigenvalue weighted by Crippen LogP contribution is 2.25. The van der Waals surface area contributed by atoms with Crippen LogP contribution in [0, 0.1) is 5.41 Å². The lowest BCUT2D eigenvalue weighted by Gasteiger charge is -2.33. The number of carbonyl (C=O) groups excluding carboxylic acids is 1. The van der Waals surface area contributed by atoms with E-state index in [1.165, 1.54) is 29.2 Å². The Morgan fingerprint density at radius 2 is 1.62 bits per heavy atom. The van der Waals surface area contributed by atoms with Crippen LogP contribution in [0.2, 0.25) is 0 Å². The Morgan fingerprint density at radius 3 is 2.15 bits per heavy atom. The zero-order chi connectivity index (χ0) is 29.7. The van der Waals surface area contributed by atoms with E-state index in [1.807, 2.05) is 0 Å². The lowest BCUT2D eigenvalue weighted by Crippen LogP contribution is -2.47. The fourth-order valence-electron chi connectivity index (χ4n) is 4.43. The number of nitrogens with zero attached hydrogens (tertiary/aromatic N) is 2. The number of sulfonamides is 1. The van der Waals surface area contributed by atoms with Gasteiger partial charge in [0, 0.05) is 37.0 Å². The van der Waals surface area contributed by atoms with Gasteiger partial charge in [-0.1, -0.05) is 12.1 Å². The Kier molecular flexibility index (Phi) is 9.89. The number of carboxylic acid groups (broad SMARTS) is 1. The van der Waals surface area contributed by atoms with Gasteiger partial charge in [0.2, 0.25) is 10.0 Å². The number of hydrogen-bond acceptors (Lipinski definition) is 9. The van der Waals surface area contributed by atoms with E-state index in [9.17, 15) is 21.6 Å². The number of benzene rings is 2. The molecule has 0 spiro atoms. The van der Waals surface area contributed by atoms with E-state index in [0.29, 0.717) is 50.3 Å². The molecular formula is C25H33N5O8S2. The zero-order valence-corrected chi connectivity index (χ0v) is 23.7. The van der Waals surface area contributed by atoms with Crippen molar-refractivity contribution < 1.29 is 36.3 Å². The molecule has 218 valence electrons. The first-order valence-electron chi connectivity index (χ1n) is 12.3. The van der Waals surface area contributed by atoms with E-state index >= 15 is 0 Å². The Balaban J connectivity index is 0.00000103. The van der Waals surface area contributed by atoms with Gasteiger partial charge < -0.3 is 15.6 Å². The molecule has 0 aromatic heterocycles. The fourth-order valence-corrected chi connectivity index (χ4v) is 7.37. The van der Waals surface area contributed by atoms with Crippen LogP contribution in [0.1, 0.15) is 25.3 Å². The number of aliphatic carboxylic acids is 1. The number of amidine groups is 1. The number of nitrogens with one attached hydrogen (secondary N) is 2. The molecule has 2 heterocycles. The minimum atomic E-state index is -4.01. The van der Waals surface area contributed by atoms with Crippen molar-refractivity contribution in [1.29, 1.82) is 5.41 Å². The van der Waals surface area contributed by atoms with Crippen LogP contribution in [0.25, 0.3) is 0 Å². The molecule has 1 amide bonds. The third kappa shape index (κ3) is 8.24. The van der Waals surface area contributed by atoms with Crippen LogP contribution >= 0.6 is 0 Å². The lowest BCUT2D eigenvalue weighted by atomic mass is 10.1. The molecule has 15 heteroatoms. The number of sulfone groups is 1. The predicted molar refractivity (Wildman–Crippen MR) is 148 cm³/mol. The minimum absolute atomic E-state index is 0.0475. The van der Waals surface area contributed by atoms with E-state index in [1.54, 1.807) is 24.3 Å². The highest BCUT2D eigenvalue weighted by atomic mass is 32.2. The van der Waals surface area contributed by atoms with Crippen LogP contribution in [0.15, 0.2) is 58.3 Å². The quantitative estimate of drug-likeness (QED) is 0.254. The molecule has 2 aliphatic heterocycles. The third-order valence-electron chi connectivity index (χ3n) is 6.27. The second-order valence-corrected chi connectivity index (χ2v) is 13.2. The minimum Gasteiger partial charge on any atom is -0.481 e. The number of rotatable bonds is 8. The molecule has 4 rings (SSSR count). The highest BCUT2D eigenvalue weighted by Gasteiger charge is 2.35. The average Bonchev–Trinajstić information content (AvgIpc) is 3.24. The number of amides is 1. The van der Waals surface area contributed by atoms with E-state index in [4.69, 9.17) is 25.8 Å². The van der Waals surface area contributed by atoms with Crippen molar-refractivity contribution in [2.45, 2.75) is 41.7 Å². The van der Waals surface area contributed by atoms with E-state index in [2.05, 4.69) is 9.62 Å². The number of ether oxygens (including phenoxy) is 1. The van der Waals surface area contributed by atoms with Crippen molar-refractivity contribution in [1.82, 2.24) is 9.62 Å². The molecule has 2 aromatic rings. The molecule has 40 heavy (non-hydrogen) atoms. The van der Waals surface area contributed by atoms with Crippen molar-refractivity contribution in [3.05, 3.63) is 54.1 Å². The van der Waals surface area contributed by atoms with Crippen LogP contribution in [-0.2, 0) is 29.4 Å². The van der Waals surface area contributed by atoms with E-state index < -0.39 is 31.9 Å². The van der Waals surface area contributed by atoms with Crippen LogP contribution < -0.4 is 15.4 Å². The Hall–Kier alpha value is -3.53. The number of nitrogen functional groups attached to an aromatic ring is 1. The van der Waals surface area contributed by atoms with E-state index in [0.717, 1.165) is 13.2 Å². The Labute approximate surface area is 233 Å². The number of piperidine rings is 1. The summed E-state index contributed by atoms with van der Waals surface area (Å²) in [5.74, 6) is -0.881. The standard InChI is InChI=1S/C23H29N5O6S2.C2H4O2/c1-35(30,31)20-4-2-3-5-21(20)36(32,33)26-17-10-12-27(13-11-17)14-19-15-28(23(29)34-19)18-8-6-16(7-9-18)22(24)25;1-2(3)4/h2-9,17,19,26H,10-15H2,1H3,(H3,24,25);1H3,(H,3,4). The predicted octanol–water partition coefficient (Wildman–Crippen LogP) is 1.23. The largest absolute Gasteiger partial charge is 0.481 e. The molecule has 5 N–H and O–H groups in total. The van der Waals surface area contributed by atoms with Crippen LogP contribution in [0.4, 0.5) is 10.5 Å². The number of carboxylic acids is 1. The number of carbonyl (C=O) groups is 2. The Morgan fingerprint density at radius 1 is 1.07 bits per heavy atom. The van der Waals surface area contributed by atoms with Gasteiger partial charge >= 0.3 is 6.09 Å². The summed E-state index contributed by atoms with van der Waals surface area (Å²) in [6.07, 6.45) is 1.29. The molecule has 0 aliphatic carbocycles. The molecule has 13 nitrogen and oxygen atoms in total. The maximum atomic E-state index is 12.9. The smallest absolute Gasteiger partial charge is 0.414 e. The van der Waals surface area contributed by atoms with Crippen molar-refractivity contribution >= 4 is 43.4 Å². The zero-order valence-electron chi connectivity index (χ0n) is 22.1. The number of likely N-dealkylation sites (tertiary alicyclic amines) is 1. The summed E-state index contributed by atoms with van der Waals surface area (Å²) in [6, 6.07) is 12.0. The number of cyclic esters (lactones) is 1. The molecule has 2 aliphatic rings. The number of hydrogen-bond donors (Lipinski definition) is 4. The Bertz CT molecular complexity index is 1450. The van der Waals surface area contributed by atoms with Crippen LogP contribution in [0.5, 0.6) is 0 Å². The molecule has 2 aromatic carbocycles. The van der Waals surface area contributed by atoms with Crippen molar-refractivity contribution in [3.8, 4) is 0 Å². The van der Waals surface area contributed by atoms with Crippen molar-refractivity contribution in [2.24, 2.45) is 5.73 Å². The molecule has 0 radical (unpaired) electrons. The van der Waals surface area contributed by atoms with Crippen LogP contribution in [0.3, 0.4) is 0 Å². The van der Waals surface area contributed by atoms with Gasteiger partial charge in [0.05, 0.1) is 11.4 Å². The van der Waals surface area contributed by atoms with Gasteiger partial charge in [0.1, 0.15) is 16.8 Å². The summed E-state index contributed by atoms with van der Waals surface area (Å²) >= 11 is 0. The second kappa shape index (κ2) is 12.8. The average molecular weight is 596 g/mol. The maximum absolute atomic E-state index is 12.9. The van der Waals surface area contributed by atoms with Gasteiger partial charge in [-0.3, -0.25) is 20.0 Å². The van der Waals surface area contributed by atoms with Gasteiger partial charge in [0.15, 0.2) is 9.84 Å². The second-order valence-electron chi connectivity index (χ2n) is 9.51. The summed E-state index contributed by atoms with van der Waals surface area (Å²) < 4.78 is 58.1. The van der Waals surface area contributed by atoms with Crippen LogP contribution in [-0.4, -0.2) is 89.3 Å². The van der Waals surface area contributed by atoms with Gasteiger partial charge in [-0.2, -0.15) is 0 Å². The number of nitrogens with two attached hydrogens (primary N) is 1. The third-order valence-corrected chi connectivity index (χ3v) is 9.14. The first kappa shape index (κ1) is 31.0. The maximum Gasteiger partial charge on any atom is 0.414 e. The monoisotopic (exact) mass is 595 g/mol. The lowest BCUT2D eigenvalue weighted by molar-refractivity contribution is -0.134. The molecule has 1 atom stereocenters. The molecule has 1 unspecified atom stereocenters. The topological polar surface area (TPSA) is 200 Å². The fraction of sp³-hybridized carbons (Fsp3) is 0.400. The first-order valence-corrected chi connectivity index (χ1v) is 15.7. The van der Waals surface area contributed by atoms with Gasteiger partial charge in [-0.25, -0.2) is 26.4 Å². The summed E-state index contributed by atoms with van der Waals surface area (Å²) in [7, 11) is -7.71. The molecule has 2 saturated heterocycles. The normalized spacial score (nSPS) is 18.5. The summed E-state index contributed by atoms with van der Waals surface area (Å²) in [4.78, 5) is 24.6. The SMILES string of the molecule is CC(=O)O.CS(=O)(=O)c1ccccc1S(=O)(=O)NC1CCN(CC2CN(c3ccc(C(=N)N)cc3)C(=O)O2)CC1. The summed E-state index contributed by atoms with van der Waals surface area (Å²) in [6.45, 7) is 3.18. The van der Waals surface area contributed by atoms with Crippen molar-refractivity contribution in [3.63, 3.8) is 0 Å².